The molecule has 2 fully saturated rings. The molecule has 2 aromatic rings. The summed E-state index contributed by atoms with van der Waals surface area (Å²) in [6.45, 7) is 0.525. The topological polar surface area (TPSA) is 89.9 Å². The molecule has 1 aliphatic carbocycles. The third kappa shape index (κ3) is 5.62. The number of aromatic nitrogens is 3. The van der Waals surface area contributed by atoms with Gasteiger partial charge in [0.1, 0.15) is 6.73 Å². The van der Waals surface area contributed by atoms with Gasteiger partial charge in [-0.15, -0.1) is 0 Å². The first-order valence-electron chi connectivity index (χ1n) is 11.1. The third-order valence-electron chi connectivity index (χ3n) is 6.56. The molecule has 12 heteroatoms. The first-order chi connectivity index (χ1) is 15.8. The van der Waals surface area contributed by atoms with E-state index >= 15 is 0 Å². The fourth-order valence-corrected chi connectivity index (χ4v) is 4.57. The Morgan fingerprint density at radius 1 is 1.33 bits per heavy atom. The highest BCUT2D eigenvalue weighted by molar-refractivity contribution is 5.42. The predicted molar refractivity (Wildman–Crippen MR) is 112 cm³/mol. The fraction of sp³-hybridized carbons (Fsp3) is 0.714. The number of nitrogens with one attached hydrogen (secondary N) is 1. The molecule has 2 aliphatic rings. The van der Waals surface area contributed by atoms with E-state index in [-0.39, 0.29) is 51.4 Å². The van der Waals surface area contributed by atoms with Gasteiger partial charge in [-0.05, 0) is 30.4 Å². The summed E-state index contributed by atoms with van der Waals surface area (Å²) < 4.78 is 66.1. The smallest absolute Gasteiger partial charge is 0.255 e. The SMILES string of the molecule is COC[C@H](c1cnn2cc([C@@H](N)C3CCC(F)(F)CC3)nc2c1)N1COCN[C@H](C(F)F)C1. The van der Waals surface area contributed by atoms with Crippen LogP contribution in [0.25, 0.3) is 5.65 Å². The summed E-state index contributed by atoms with van der Waals surface area (Å²) in [6.07, 6.45) is 1.21. The Labute approximate surface area is 189 Å². The molecule has 0 spiro atoms. The van der Waals surface area contributed by atoms with Crippen molar-refractivity contribution >= 4 is 5.65 Å². The Morgan fingerprint density at radius 2 is 2.09 bits per heavy atom. The van der Waals surface area contributed by atoms with Crippen LogP contribution in [-0.4, -0.2) is 71.6 Å². The molecule has 33 heavy (non-hydrogen) atoms. The van der Waals surface area contributed by atoms with Crippen molar-refractivity contribution in [2.24, 2.45) is 11.7 Å². The Bertz CT molecular complexity index is 919. The number of ether oxygens (including phenoxy) is 2. The van der Waals surface area contributed by atoms with Gasteiger partial charge >= 0.3 is 0 Å². The summed E-state index contributed by atoms with van der Waals surface area (Å²) in [5, 5.41) is 7.11. The lowest BCUT2D eigenvalue weighted by Gasteiger charge is -2.31. The van der Waals surface area contributed by atoms with E-state index in [2.05, 4.69) is 15.4 Å². The summed E-state index contributed by atoms with van der Waals surface area (Å²) >= 11 is 0. The van der Waals surface area contributed by atoms with Crippen molar-refractivity contribution in [3.63, 3.8) is 0 Å². The van der Waals surface area contributed by atoms with Crippen LogP contribution in [0, 0.1) is 5.92 Å². The van der Waals surface area contributed by atoms with Gasteiger partial charge in [0.2, 0.25) is 5.92 Å². The van der Waals surface area contributed by atoms with E-state index in [0.29, 0.717) is 24.2 Å². The Kier molecular flexibility index (Phi) is 7.49. The molecule has 0 aromatic carbocycles. The first kappa shape index (κ1) is 24.3. The summed E-state index contributed by atoms with van der Waals surface area (Å²) in [7, 11) is 1.54. The second-order valence-corrected chi connectivity index (χ2v) is 8.84. The molecule has 1 saturated heterocycles. The second kappa shape index (κ2) is 10.2. The largest absolute Gasteiger partial charge is 0.383 e. The fourth-order valence-electron chi connectivity index (χ4n) is 4.57. The predicted octanol–water partition coefficient (Wildman–Crippen LogP) is 2.71. The lowest BCUT2D eigenvalue weighted by molar-refractivity contribution is -0.0484. The number of nitrogens with zero attached hydrogens (tertiary/aromatic N) is 4. The van der Waals surface area contributed by atoms with E-state index in [1.807, 2.05) is 6.07 Å². The number of hydrogen-bond acceptors (Lipinski definition) is 7. The van der Waals surface area contributed by atoms with Gasteiger partial charge in [0, 0.05) is 26.5 Å². The molecule has 2 aromatic heterocycles. The highest BCUT2D eigenvalue weighted by atomic mass is 19.3. The van der Waals surface area contributed by atoms with Crippen molar-refractivity contribution in [2.75, 3.05) is 33.7 Å². The summed E-state index contributed by atoms with van der Waals surface area (Å²) in [6, 6.07) is -0.0409. The average molecular weight is 475 g/mol. The van der Waals surface area contributed by atoms with Crippen LogP contribution in [-0.2, 0) is 9.47 Å². The maximum absolute atomic E-state index is 13.5. The minimum absolute atomic E-state index is 0.0388. The lowest BCUT2D eigenvalue weighted by atomic mass is 9.81. The second-order valence-electron chi connectivity index (χ2n) is 8.84. The molecule has 3 heterocycles. The monoisotopic (exact) mass is 474 g/mol. The van der Waals surface area contributed by atoms with Crippen LogP contribution < -0.4 is 11.1 Å². The molecule has 184 valence electrons. The molecule has 1 aliphatic heterocycles. The van der Waals surface area contributed by atoms with Crippen molar-refractivity contribution < 1.29 is 27.0 Å². The van der Waals surface area contributed by atoms with Gasteiger partial charge in [0.15, 0.2) is 5.65 Å². The van der Waals surface area contributed by atoms with Crippen LogP contribution in [0.1, 0.15) is 49.0 Å². The number of halogens is 4. The van der Waals surface area contributed by atoms with Gasteiger partial charge in [-0.3, -0.25) is 10.2 Å². The van der Waals surface area contributed by atoms with Crippen molar-refractivity contribution in [1.82, 2.24) is 24.8 Å². The average Bonchev–Trinajstić information content (AvgIpc) is 3.05. The molecule has 8 nitrogen and oxygen atoms in total. The summed E-state index contributed by atoms with van der Waals surface area (Å²) in [5.41, 5.74) is 8.25. The van der Waals surface area contributed by atoms with Crippen LogP contribution in [0.2, 0.25) is 0 Å². The zero-order valence-electron chi connectivity index (χ0n) is 18.5. The number of rotatable bonds is 7. The maximum Gasteiger partial charge on any atom is 0.255 e. The molecular formula is C21H30F4N6O2. The van der Waals surface area contributed by atoms with Gasteiger partial charge < -0.3 is 15.2 Å². The number of methoxy groups -OCH3 is 1. The molecule has 4 rings (SSSR count). The zero-order chi connectivity index (χ0) is 23.6. The molecule has 3 N–H and O–H groups in total. The lowest BCUT2D eigenvalue weighted by Crippen LogP contribution is -2.44. The van der Waals surface area contributed by atoms with Gasteiger partial charge in [0.05, 0.1) is 49.6 Å². The highest BCUT2D eigenvalue weighted by Gasteiger charge is 2.38. The maximum atomic E-state index is 13.5. The van der Waals surface area contributed by atoms with Crippen LogP contribution in [0.4, 0.5) is 17.6 Å². The molecule has 0 radical (unpaired) electrons. The van der Waals surface area contributed by atoms with Crippen molar-refractivity contribution in [2.45, 2.75) is 56.2 Å². The highest BCUT2D eigenvalue weighted by Crippen LogP contribution is 2.40. The molecule has 0 unspecified atom stereocenters. The van der Waals surface area contributed by atoms with Gasteiger partial charge in [0.25, 0.3) is 6.43 Å². The molecule has 3 atom stereocenters. The normalized spacial score (nSPS) is 24.8. The van der Waals surface area contributed by atoms with E-state index in [9.17, 15) is 17.6 Å². The minimum atomic E-state index is -2.61. The quantitative estimate of drug-likeness (QED) is 0.597. The number of hydrogen-bond donors (Lipinski definition) is 2. The number of nitrogens with two attached hydrogens (primary N) is 1. The number of alkyl halides is 4. The zero-order valence-corrected chi connectivity index (χ0v) is 18.5. The van der Waals surface area contributed by atoms with Crippen molar-refractivity contribution in [1.29, 1.82) is 0 Å². The van der Waals surface area contributed by atoms with E-state index in [4.69, 9.17) is 15.2 Å². The van der Waals surface area contributed by atoms with Crippen molar-refractivity contribution in [3.05, 3.63) is 29.7 Å². The molecular weight excluding hydrogens is 444 g/mol. The Morgan fingerprint density at radius 3 is 2.79 bits per heavy atom. The summed E-state index contributed by atoms with van der Waals surface area (Å²) in [5.74, 6) is -2.68. The Balaban J connectivity index is 1.54. The van der Waals surface area contributed by atoms with E-state index in [1.165, 1.54) is 0 Å². The first-order valence-corrected chi connectivity index (χ1v) is 11.1. The summed E-state index contributed by atoms with van der Waals surface area (Å²) in [4.78, 5) is 6.38. The molecule has 0 bridgehead atoms. The number of imidazole rings is 1. The van der Waals surface area contributed by atoms with Gasteiger partial charge in [-0.1, -0.05) is 0 Å². The van der Waals surface area contributed by atoms with Crippen LogP contribution in [0.3, 0.4) is 0 Å². The van der Waals surface area contributed by atoms with Gasteiger partial charge in [-0.2, -0.15) is 5.10 Å². The van der Waals surface area contributed by atoms with E-state index < -0.39 is 24.4 Å². The van der Waals surface area contributed by atoms with Gasteiger partial charge in [-0.25, -0.2) is 27.1 Å². The van der Waals surface area contributed by atoms with E-state index in [0.717, 1.165) is 5.56 Å². The van der Waals surface area contributed by atoms with E-state index in [1.54, 1.807) is 28.9 Å². The van der Waals surface area contributed by atoms with Crippen molar-refractivity contribution in [3.8, 4) is 0 Å². The third-order valence-corrected chi connectivity index (χ3v) is 6.56. The van der Waals surface area contributed by atoms with Crippen LogP contribution >= 0.6 is 0 Å². The standard InChI is InChI=1S/C21H30F4N6O2/c1-32-10-17(30-8-16(20(22)23)27-11-33-12-30)14-6-18-29-15(9-31(18)28-7-14)19(26)13-2-4-21(24,25)5-3-13/h6-7,9,13,16-17,19-20,27H,2-5,8,10-12,26H2,1H3/t16-,17+,19-/m0/s1. The minimum Gasteiger partial charge on any atom is -0.383 e. The van der Waals surface area contributed by atoms with Crippen LogP contribution in [0.5, 0.6) is 0 Å². The number of fused-ring (bicyclic) bond motifs is 1. The molecule has 1 saturated carbocycles. The van der Waals surface area contributed by atoms with Crippen LogP contribution in [0.15, 0.2) is 18.5 Å². The molecule has 0 amide bonds. The Hall–Kier alpha value is -1.86.